The van der Waals surface area contributed by atoms with Crippen molar-refractivity contribution in [3.8, 4) is 0 Å². The summed E-state index contributed by atoms with van der Waals surface area (Å²) in [6.45, 7) is 8.32. The van der Waals surface area contributed by atoms with Crippen molar-refractivity contribution in [3.63, 3.8) is 0 Å². The molecule has 4 rings (SSSR count). The van der Waals surface area contributed by atoms with E-state index < -0.39 is 18.2 Å². The number of amides is 1. The first kappa shape index (κ1) is 15.6. The van der Waals surface area contributed by atoms with Crippen molar-refractivity contribution in [2.75, 3.05) is 7.11 Å². The SMILES string of the molecule is C=C1c2ccccc2CN(C(=O)OC)[C@@H]2[C@H]3OC(C)(C)O[C@H]3O[C@H]12. The molecule has 3 heterocycles. The predicted octanol–water partition coefficient (Wildman–Crippen LogP) is 2.53. The van der Waals surface area contributed by atoms with Gasteiger partial charge in [-0.25, -0.2) is 4.79 Å². The van der Waals surface area contributed by atoms with Crippen LogP contribution in [0.2, 0.25) is 0 Å². The summed E-state index contributed by atoms with van der Waals surface area (Å²) in [5.74, 6) is -0.747. The fourth-order valence-corrected chi connectivity index (χ4v) is 3.84. The Balaban J connectivity index is 1.78. The Labute approximate surface area is 140 Å². The maximum atomic E-state index is 12.5. The maximum Gasteiger partial charge on any atom is 0.410 e. The fourth-order valence-electron chi connectivity index (χ4n) is 3.84. The first-order chi connectivity index (χ1) is 11.4. The van der Waals surface area contributed by atoms with Gasteiger partial charge in [-0.2, -0.15) is 0 Å². The second kappa shape index (κ2) is 5.31. The van der Waals surface area contributed by atoms with Gasteiger partial charge in [-0.05, 0) is 30.5 Å². The van der Waals surface area contributed by atoms with Crippen molar-refractivity contribution >= 4 is 11.7 Å². The van der Waals surface area contributed by atoms with Gasteiger partial charge in [0.1, 0.15) is 12.2 Å². The normalized spacial score (nSPS) is 33.5. The molecule has 2 saturated heterocycles. The molecule has 0 unspecified atom stereocenters. The van der Waals surface area contributed by atoms with Crippen LogP contribution < -0.4 is 0 Å². The third-order valence-electron chi connectivity index (χ3n) is 4.83. The predicted molar refractivity (Wildman–Crippen MR) is 85.9 cm³/mol. The topological polar surface area (TPSA) is 57.2 Å². The first-order valence-corrected chi connectivity index (χ1v) is 8.04. The molecule has 0 saturated carbocycles. The lowest BCUT2D eigenvalue weighted by Gasteiger charge is -2.32. The van der Waals surface area contributed by atoms with Gasteiger partial charge in [0.15, 0.2) is 12.1 Å². The number of nitrogens with zero attached hydrogens (tertiary/aromatic N) is 1. The highest BCUT2D eigenvalue weighted by molar-refractivity contribution is 5.75. The molecule has 0 aliphatic carbocycles. The van der Waals surface area contributed by atoms with Crippen LogP contribution in [0, 0.1) is 0 Å². The van der Waals surface area contributed by atoms with Crippen LogP contribution >= 0.6 is 0 Å². The van der Waals surface area contributed by atoms with E-state index in [0.717, 1.165) is 16.7 Å². The summed E-state index contributed by atoms with van der Waals surface area (Å²) in [4.78, 5) is 14.1. The van der Waals surface area contributed by atoms with E-state index in [4.69, 9.17) is 18.9 Å². The van der Waals surface area contributed by atoms with Crippen LogP contribution in [0.25, 0.3) is 5.57 Å². The molecule has 1 aromatic carbocycles. The van der Waals surface area contributed by atoms with Crippen LogP contribution in [-0.2, 0) is 25.5 Å². The number of hydrogen-bond donors (Lipinski definition) is 0. The number of fused-ring (bicyclic) bond motifs is 4. The quantitative estimate of drug-likeness (QED) is 0.731. The first-order valence-electron chi connectivity index (χ1n) is 8.04. The molecular formula is C18H21NO5. The minimum atomic E-state index is -0.747. The monoisotopic (exact) mass is 331 g/mol. The van der Waals surface area contributed by atoms with Gasteiger partial charge in [-0.3, -0.25) is 4.90 Å². The Morgan fingerprint density at radius 2 is 2.08 bits per heavy atom. The number of carbonyl (C=O) groups excluding carboxylic acids is 1. The summed E-state index contributed by atoms with van der Waals surface area (Å²) < 4.78 is 23.0. The van der Waals surface area contributed by atoms with E-state index in [1.807, 2.05) is 38.1 Å². The maximum absolute atomic E-state index is 12.5. The fraction of sp³-hybridized carbons (Fsp3) is 0.500. The summed E-state index contributed by atoms with van der Waals surface area (Å²) in [6, 6.07) is 7.55. The van der Waals surface area contributed by atoms with Gasteiger partial charge in [0, 0.05) is 0 Å². The van der Waals surface area contributed by atoms with E-state index in [1.54, 1.807) is 4.90 Å². The van der Waals surface area contributed by atoms with E-state index in [-0.39, 0.29) is 18.2 Å². The highest BCUT2D eigenvalue weighted by Gasteiger charge is 2.59. The van der Waals surface area contributed by atoms with Gasteiger partial charge in [0.25, 0.3) is 0 Å². The Kier molecular flexibility index (Phi) is 3.46. The van der Waals surface area contributed by atoms with Crippen molar-refractivity contribution in [2.24, 2.45) is 0 Å². The Bertz CT molecular complexity index is 700. The second-order valence-electron chi connectivity index (χ2n) is 6.80. The Morgan fingerprint density at radius 3 is 2.83 bits per heavy atom. The molecule has 3 aliphatic heterocycles. The third kappa shape index (κ3) is 2.25. The zero-order valence-corrected chi connectivity index (χ0v) is 14.0. The average Bonchev–Trinajstić information content (AvgIpc) is 2.99. The van der Waals surface area contributed by atoms with Crippen LogP contribution in [0.3, 0.4) is 0 Å². The summed E-state index contributed by atoms with van der Waals surface area (Å²) in [5, 5.41) is 0. The number of rotatable bonds is 0. The lowest BCUT2D eigenvalue weighted by atomic mass is 9.95. The molecule has 1 amide bonds. The summed E-state index contributed by atoms with van der Waals surface area (Å²) in [6.07, 6.45) is -1.70. The molecule has 3 aliphatic rings. The lowest BCUT2D eigenvalue weighted by Crippen LogP contribution is -2.50. The highest BCUT2D eigenvalue weighted by Crippen LogP contribution is 2.45. The number of ether oxygens (including phenoxy) is 4. The molecule has 128 valence electrons. The number of methoxy groups -OCH3 is 1. The van der Waals surface area contributed by atoms with Gasteiger partial charge >= 0.3 is 6.09 Å². The smallest absolute Gasteiger partial charge is 0.410 e. The highest BCUT2D eigenvalue weighted by atomic mass is 16.8. The molecule has 6 nitrogen and oxygen atoms in total. The van der Waals surface area contributed by atoms with E-state index in [2.05, 4.69) is 6.58 Å². The van der Waals surface area contributed by atoms with E-state index in [0.29, 0.717) is 6.54 Å². The van der Waals surface area contributed by atoms with Crippen LogP contribution in [0.1, 0.15) is 25.0 Å². The largest absolute Gasteiger partial charge is 0.453 e. The number of benzene rings is 1. The Hall–Kier alpha value is -1.89. The van der Waals surface area contributed by atoms with E-state index >= 15 is 0 Å². The molecule has 0 aromatic heterocycles. The molecule has 0 spiro atoms. The van der Waals surface area contributed by atoms with Gasteiger partial charge in [-0.1, -0.05) is 30.8 Å². The van der Waals surface area contributed by atoms with Crippen molar-refractivity contribution in [3.05, 3.63) is 42.0 Å². The number of hydrogen-bond acceptors (Lipinski definition) is 5. The lowest BCUT2D eigenvalue weighted by molar-refractivity contribution is -0.204. The zero-order valence-electron chi connectivity index (χ0n) is 14.0. The Morgan fingerprint density at radius 1 is 1.33 bits per heavy atom. The molecule has 0 N–H and O–H groups in total. The third-order valence-corrected chi connectivity index (χ3v) is 4.83. The summed E-state index contributed by atoms with van der Waals surface area (Å²) in [7, 11) is 1.38. The summed E-state index contributed by atoms with van der Waals surface area (Å²) >= 11 is 0. The van der Waals surface area contributed by atoms with Gasteiger partial charge in [-0.15, -0.1) is 0 Å². The average molecular weight is 331 g/mol. The standard InChI is InChI=1S/C18H21NO5/c1-10-12-8-6-5-7-11(12)9-19(17(20)21-4)13-14(10)22-16-15(13)23-18(2,3)24-16/h5-8,13-16H,1,9H2,2-4H3/t13-,14+,15+,16+/m0/s1. The van der Waals surface area contributed by atoms with E-state index in [1.165, 1.54) is 7.11 Å². The van der Waals surface area contributed by atoms with Gasteiger partial charge in [0.05, 0.1) is 19.7 Å². The van der Waals surface area contributed by atoms with E-state index in [9.17, 15) is 4.79 Å². The molecule has 0 bridgehead atoms. The van der Waals surface area contributed by atoms with Crippen LogP contribution in [-0.4, -0.2) is 48.4 Å². The van der Waals surface area contributed by atoms with Crippen molar-refractivity contribution < 1.29 is 23.7 Å². The van der Waals surface area contributed by atoms with Crippen molar-refractivity contribution in [1.29, 1.82) is 0 Å². The van der Waals surface area contributed by atoms with Crippen LogP contribution in [0.4, 0.5) is 4.79 Å². The molecule has 2 fully saturated rings. The minimum absolute atomic E-state index is 0.343. The molecule has 1 aromatic rings. The molecule has 4 atom stereocenters. The summed E-state index contributed by atoms with van der Waals surface area (Å²) in [5.41, 5.74) is 2.85. The van der Waals surface area contributed by atoms with Crippen LogP contribution in [0.15, 0.2) is 30.8 Å². The molecule has 0 radical (unpaired) electrons. The van der Waals surface area contributed by atoms with Gasteiger partial charge < -0.3 is 18.9 Å². The van der Waals surface area contributed by atoms with Crippen LogP contribution in [0.5, 0.6) is 0 Å². The zero-order chi connectivity index (χ0) is 17.1. The molecular weight excluding hydrogens is 310 g/mol. The second-order valence-corrected chi connectivity index (χ2v) is 6.80. The molecule has 6 heteroatoms. The van der Waals surface area contributed by atoms with Gasteiger partial charge in [0.2, 0.25) is 0 Å². The van der Waals surface area contributed by atoms with Crippen molar-refractivity contribution in [2.45, 2.75) is 50.7 Å². The van der Waals surface area contributed by atoms with Crippen molar-refractivity contribution in [1.82, 2.24) is 4.90 Å². The minimum Gasteiger partial charge on any atom is -0.453 e. The molecule has 24 heavy (non-hydrogen) atoms. The number of carbonyl (C=O) groups is 1.